The number of aromatic nitrogens is 3. The van der Waals surface area contributed by atoms with Crippen LogP contribution in [0.15, 0.2) is 6.33 Å². The van der Waals surface area contributed by atoms with Gasteiger partial charge in [-0.2, -0.15) is 4.68 Å². The molecule has 0 bridgehead atoms. The van der Waals surface area contributed by atoms with Crippen LogP contribution < -0.4 is 0 Å². The van der Waals surface area contributed by atoms with Crippen LogP contribution in [0, 0.1) is 0 Å². The molecule has 6 heteroatoms. The number of ether oxygens (including phenoxy) is 1. The zero-order valence-electron chi connectivity index (χ0n) is 9.14. The molecule has 1 heterocycles. The van der Waals surface area contributed by atoms with Crippen LogP contribution in [0.25, 0.3) is 0 Å². The van der Waals surface area contributed by atoms with Gasteiger partial charge < -0.3 is 4.74 Å². The summed E-state index contributed by atoms with van der Waals surface area (Å²) in [6.07, 6.45) is 0.507. The van der Waals surface area contributed by atoms with Gasteiger partial charge in [0.25, 0.3) is 0 Å². The van der Waals surface area contributed by atoms with Gasteiger partial charge in [0.05, 0.1) is 0 Å². The Kier molecular flexibility index (Phi) is 2.88. The molecule has 15 heavy (non-hydrogen) atoms. The van der Waals surface area contributed by atoms with E-state index < -0.39 is 11.7 Å². The third-order valence-electron chi connectivity index (χ3n) is 1.39. The van der Waals surface area contributed by atoms with Crippen LogP contribution in [0.2, 0.25) is 0 Å². The zero-order chi connectivity index (χ0) is 11.6. The topological polar surface area (TPSA) is 74.1 Å². The van der Waals surface area contributed by atoms with Gasteiger partial charge in [-0.05, 0) is 20.8 Å². The number of Topliss-reactive ketones (excluding diaryl/α,β-unsaturated/α-hetero) is 1. The summed E-state index contributed by atoms with van der Waals surface area (Å²) < 4.78 is 5.93. The van der Waals surface area contributed by atoms with Gasteiger partial charge in [0.15, 0.2) is 5.78 Å². The Morgan fingerprint density at radius 3 is 2.40 bits per heavy atom. The quantitative estimate of drug-likeness (QED) is 0.654. The van der Waals surface area contributed by atoms with E-state index >= 15 is 0 Å². The first-order valence-electron chi connectivity index (χ1n) is 4.45. The highest BCUT2D eigenvalue weighted by Gasteiger charge is 2.19. The average Bonchev–Trinajstić information content (AvgIpc) is 2.47. The minimum absolute atomic E-state index is 0.000796. The van der Waals surface area contributed by atoms with Crippen LogP contribution in [-0.4, -0.2) is 32.2 Å². The van der Waals surface area contributed by atoms with Crippen LogP contribution in [-0.2, 0) is 4.74 Å². The highest BCUT2D eigenvalue weighted by Crippen LogP contribution is 2.08. The molecule has 0 fully saturated rings. The lowest BCUT2D eigenvalue weighted by atomic mass is 10.2. The normalized spacial score (nSPS) is 11.2. The molecule has 0 amide bonds. The SMILES string of the molecule is CC(=O)c1ncn(C(=O)OC(C)(C)C)n1. The monoisotopic (exact) mass is 211 g/mol. The molecule has 0 saturated heterocycles. The van der Waals surface area contributed by atoms with Crippen LogP contribution in [0.3, 0.4) is 0 Å². The second-order valence-corrected chi connectivity index (χ2v) is 4.05. The molecule has 1 aromatic rings. The molecule has 0 N–H and O–H groups in total. The lowest BCUT2D eigenvalue weighted by Crippen LogP contribution is -2.27. The number of nitrogens with zero attached hydrogens (tertiary/aromatic N) is 3. The van der Waals surface area contributed by atoms with Crippen molar-refractivity contribution in [2.75, 3.05) is 0 Å². The van der Waals surface area contributed by atoms with Gasteiger partial charge >= 0.3 is 6.09 Å². The fourth-order valence-corrected chi connectivity index (χ4v) is 0.821. The van der Waals surface area contributed by atoms with Crippen LogP contribution in [0.1, 0.15) is 38.3 Å². The summed E-state index contributed by atoms with van der Waals surface area (Å²) >= 11 is 0. The van der Waals surface area contributed by atoms with Crippen molar-refractivity contribution >= 4 is 11.9 Å². The molecule has 1 rings (SSSR count). The summed E-state index contributed by atoms with van der Waals surface area (Å²) in [5, 5.41) is 3.68. The number of hydrogen-bond acceptors (Lipinski definition) is 5. The molecule has 6 nitrogen and oxygen atoms in total. The number of ketones is 1. The first kappa shape index (κ1) is 11.4. The Labute approximate surface area is 87.2 Å². The maximum absolute atomic E-state index is 11.4. The summed E-state index contributed by atoms with van der Waals surface area (Å²) in [6, 6.07) is 0. The third-order valence-corrected chi connectivity index (χ3v) is 1.39. The number of carbonyl (C=O) groups is 2. The molecule has 0 aliphatic carbocycles. The molecule has 0 radical (unpaired) electrons. The fraction of sp³-hybridized carbons (Fsp3) is 0.556. The Bertz CT molecular complexity index is 390. The summed E-state index contributed by atoms with van der Waals surface area (Å²) in [7, 11) is 0. The number of carbonyl (C=O) groups excluding carboxylic acids is 2. The van der Waals surface area contributed by atoms with E-state index in [4.69, 9.17) is 4.74 Å². The van der Waals surface area contributed by atoms with Gasteiger partial charge in [0.1, 0.15) is 11.9 Å². The van der Waals surface area contributed by atoms with Crippen molar-refractivity contribution in [2.24, 2.45) is 0 Å². The van der Waals surface area contributed by atoms with Crippen molar-refractivity contribution in [2.45, 2.75) is 33.3 Å². The summed E-state index contributed by atoms with van der Waals surface area (Å²) in [5.74, 6) is -0.293. The zero-order valence-corrected chi connectivity index (χ0v) is 9.14. The summed E-state index contributed by atoms with van der Waals surface area (Å²) in [6.45, 7) is 6.56. The first-order valence-corrected chi connectivity index (χ1v) is 4.45. The van der Waals surface area contributed by atoms with E-state index in [-0.39, 0.29) is 11.6 Å². The van der Waals surface area contributed by atoms with Gasteiger partial charge in [0, 0.05) is 6.92 Å². The molecular weight excluding hydrogens is 198 g/mol. The predicted molar refractivity (Wildman–Crippen MR) is 51.7 cm³/mol. The molecule has 82 valence electrons. The van der Waals surface area contributed by atoms with E-state index in [0.717, 1.165) is 11.0 Å². The maximum Gasteiger partial charge on any atom is 0.436 e. The minimum Gasteiger partial charge on any atom is -0.442 e. The van der Waals surface area contributed by atoms with Crippen molar-refractivity contribution < 1.29 is 14.3 Å². The molecule has 0 atom stereocenters. The fourth-order valence-electron chi connectivity index (χ4n) is 0.821. The van der Waals surface area contributed by atoms with Gasteiger partial charge in [-0.25, -0.2) is 9.78 Å². The van der Waals surface area contributed by atoms with Crippen molar-refractivity contribution in [3.63, 3.8) is 0 Å². The van der Waals surface area contributed by atoms with Crippen LogP contribution >= 0.6 is 0 Å². The largest absolute Gasteiger partial charge is 0.442 e. The maximum atomic E-state index is 11.4. The van der Waals surface area contributed by atoms with Crippen molar-refractivity contribution in [3.05, 3.63) is 12.2 Å². The lowest BCUT2D eigenvalue weighted by Gasteiger charge is -2.18. The van der Waals surface area contributed by atoms with Crippen molar-refractivity contribution in [1.82, 2.24) is 14.8 Å². The molecule has 1 aromatic heterocycles. The van der Waals surface area contributed by atoms with Crippen molar-refractivity contribution in [3.8, 4) is 0 Å². The molecule has 0 aliphatic heterocycles. The molecular formula is C9H13N3O3. The van der Waals surface area contributed by atoms with E-state index in [0.29, 0.717) is 0 Å². The second-order valence-electron chi connectivity index (χ2n) is 4.05. The molecule has 0 saturated carbocycles. The van der Waals surface area contributed by atoms with Gasteiger partial charge in [-0.3, -0.25) is 4.79 Å². The highest BCUT2D eigenvalue weighted by molar-refractivity contribution is 5.90. The van der Waals surface area contributed by atoms with Crippen molar-refractivity contribution in [1.29, 1.82) is 0 Å². The van der Waals surface area contributed by atoms with Gasteiger partial charge in [-0.15, -0.1) is 5.10 Å². The van der Waals surface area contributed by atoms with Gasteiger partial charge in [0.2, 0.25) is 5.82 Å². The smallest absolute Gasteiger partial charge is 0.436 e. The molecule has 0 spiro atoms. The number of rotatable bonds is 1. The highest BCUT2D eigenvalue weighted by atomic mass is 16.6. The van der Waals surface area contributed by atoms with E-state index in [1.165, 1.54) is 6.92 Å². The Morgan fingerprint density at radius 2 is 2.00 bits per heavy atom. The predicted octanol–water partition coefficient (Wildman–Crippen LogP) is 1.26. The van der Waals surface area contributed by atoms with Crippen LogP contribution in [0.4, 0.5) is 4.79 Å². The molecule has 0 aromatic carbocycles. The van der Waals surface area contributed by atoms with Crippen LogP contribution in [0.5, 0.6) is 0 Å². The molecule has 0 aliphatic rings. The Balaban J connectivity index is 2.79. The average molecular weight is 211 g/mol. The van der Waals surface area contributed by atoms with E-state index in [1.54, 1.807) is 20.8 Å². The lowest BCUT2D eigenvalue weighted by molar-refractivity contribution is 0.0513. The second kappa shape index (κ2) is 3.80. The minimum atomic E-state index is -0.650. The first-order chi connectivity index (χ1) is 6.79. The summed E-state index contributed by atoms with van der Waals surface area (Å²) in [4.78, 5) is 26.0. The Hall–Kier alpha value is -1.72. The van der Waals surface area contributed by atoms with E-state index in [9.17, 15) is 9.59 Å². The Morgan fingerprint density at radius 1 is 1.40 bits per heavy atom. The summed E-state index contributed by atoms with van der Waals surface area (Å²) in [5.41, 5.74) is -0.598. The van der Waals surface area contributed by atoms with E-state index in [1.807, 2.05) is 0 Å². The van der Waals surface area contributed by atoms with Gasteiger partial charge in [-0.1, -0.05) is 0 Å². The van der Waals surface area contributed by atoms with E-state index in [2.05, 4.69) is 10.1 Å². The molecule has 0 unspecified atom stereocenters. The third kappa shape index (κ3) is 3.16. The standard InChI is InChI=1S/C9H13N3O3/c1-6(13)7-10-5-12(11-7)8(14)15-9(2,3)4/h5H,1-4H3. The number of hydrogen-bond donors (Lipinski definition) is 0.